The summed E-state index contributed by atoms with van der Waals surface area (Å²) in [7, 11) is 3.65. The van der Waals surface area contributed by atoms with Gasteiger partial charge in [0.25, 0.3) is 0 Å². The fourth-order valence-electron chi connectivity index (χ4n) is 2.08. The average molecular weight is 437 g/mol. The zero-order valence-electron chi connectivity index (χ0n) is 12.5. The number of thiophene rings is 1. The van der Waals surface area contributed by atoms with E-state index in [0.717, 1.165) is 12.5 Å². The first-order chi connectivity index (χ1) is 10.1. The van der Waals surface area contributed by atoms with Gasteiger partial charge in [-0.05, 0) is 22.4 Å². The van der Waals surface area contributed by atoms with Crippen molar-refractivity contribution in [3.63, 3.8) is 0 Å². The fraction of sp³-hybridized carbons (Fsp3) is 0.462. The van der Waals surface area contributed by atoms with Crippen molar-refractivity contribution in [2.24, 2.45) is 4.99 Å². The monoisotopic (exact) mass is 437 g/mol. The smallest absolute Gasteiger partial charge is 0.324 e. The first-order valence-corrected chi connectivity index (χ1v) is 7.57. The Bertz CT molecular complexity index is 519. The van der Waals surface area contributed by atoms with E-state index in [9.17, 15) is 9.59 Å². The molecular formula is C13H20IN5O2S. The molecule has 22 heavy (non-hydrogen) atoms. The summed E-state index contributed by atoms with van der Waals surface area (Å²) < 4.78 is 0. The van der Waals surface area contributed by atoms with E-state index in [1.165, 1.54) is 10.5 Å². The SMILES string of the molecule is CN=C(NCCN1C(=O)CNC1=O)N(C)Cc1ccsc1.I. The highest BCUT2D eigenvalue weighted by molar-refractivity contribution is 14.0. The van der Waals surface area contributed by atoms with E-state index in [2.05, 4.69) is 27.1 Å². The van der Waals surface area contributed by atoms with Crippen LogP contribution in [0.3, 0.4) is 0 Å². The van der Waals surface area contributed by atoms with E-state index < -0.39 is 0 Å². The summed E-state index contributed by atoms with van der Waals surface area (Å²) in [6.45, 7) is 1.65. The largest absolute Gasteiger partial charge is 0.354 e. The molecule has 0 spiro atoms. The van der Waals surface area contributed by atoms with Crippen LogP contribution >= 0.6 is 35.3 Å². The van der Waals surface area contributed by atoms with Gasteiger partial charge in [-0.3, -0.25) is 14.7 Å². The maximum Gasteiger partial charge on any atom is 0.324 e. The summed E-state index contributed by atoms with van der Waals surface area (Å²) >= 11 is 1.66. The third-order valence-corrected chi connectivity index (χ3v) is 3.86. The molecule has 3 amide bonds. The molecule has 1 aliphatic heterocycles. The topological polar surface area (TPSA) is 77.0 Å². The van der Waals surface area contributed by atoms with Gasteiger partial charge in [-0.15, -0.1) is 24.0 Å². The number of nitrogens with zero attached hydrogens (tertiary/aromatic N) is 3. The molecule has 0 radical (unpaired) electrons. The lowest BCUT2D eigenvalue weighted by molar-refractivity contribution is -0.124. The Morgan fingerprint density at radius 2 is 2.32 bits per heavy atom. The van der Waals surface area contributed by atoms with Gasteiger partial charge in [-0.1, -0.05) is 0 Å². The zero-order chi connectivity index (χ0) is 15.2. The number of aliphatic imine (C=N–C) groups is 1. The number of urea groups is 1. The van der Waals surface area contributed by atoms with Crippen LogP contribution in [-0.4, -0.2) is 61.4 Å². The summed E-state index contributed by atoms with van der Waals surface area (Å²) in [6.07, 6.45) is 0. The second-order valence-electron chi connectivity index (χ2n) is 4.67. The van der Waals surface area contributed by atoms with Crippen LogP contribution in [0.25, 0.3) is 0 Å². The average Bonchev–Trinajstić information content (AvgIpc) is 3.07. The van der Waals surface area contributed by atoms with E-state index in [0.29, 0.717) is 13.1 Å². The van der Waals surface area contributed by atoms with Crippen molar-refractivity contribution in [1.82, 2.24) is 20.4 Å². The molecule has 1 aliphatic rings. The standard InChI is InChI=1S/C13H19N5O2S.HI/c1-14-12(17(2)8-10-3-6-21-9-10)15-4-5-18-11(19)7-16-13(18)20;/h3,6,9H,4-5,7-8H2,1-2H3,(H,14,15)(H,16,20);1H. The van der Waals surface area contributed by atoms with Crippen molar-refractivity contribution < 1.29 is 9.59 Å². The van der Waals surface area contributed by atoms with Crippen LogP contribution in [0.1, 0.15) is 5.56 Å². The number of nitrogens with one attached hydrogen (secondary N) is 2. The predicted octanol–water partition coefficient (Wildman–Crippen LogP) is 0.925. The number of halogens is 1. The maximum atomic E-state index is 11.5. The van der Waals surface area contributed by atoms with Crippen LogP contribution in [0, 0.1) is 0 Å². The third-order valence-electron chi connectivity index (χ3n) is 3.13. The van der Waals surface area contributed by atoms with Gasteiger partial charge >= 0.3 is 6.03 Å². The number of amides is 3. The highest BCUT2D eigenvalue weighted by Gasteiger charge is 2.27. The Morgan fingerprint density at radius 3 is 2.86 bits per heavy atom. The van der Waals surface area contributed by atoms with Gasteiger partial charge in [0, 0.05) is 33.7 Å². The van der Waals surface area contributed by atoms with Gasteiger partial charge in [0.05, 0.1) is 6.54 Å². The Morgan fingerprint density at radius 1 is 1.55 bits per heavy atom. The minimum absolute atomic E-state index is 0. The van der Waals surface area contributed by atoms with Crippen molar-refractivity contribution in [2.75, 3.05) is 33.7 Å². The summed E-state index contributed by atoms with van der Waals surface area (Å²) in [6, 6.07) is 1.74. The molecule has 0 saturated carbocycles. The molecule has 1 saturated heterocycles. The molecule has 1 aromatic rings. The number of carbonyl (C=O) groups is 2. The molecule has 9 heteroatoms. The van der Waals surface area contributed by atoms with E-state index in [1.54, 1.807) is 18.4 Å². The maximum absolute atomic E-state index is 11.5. The fourth-order valence-corrected chi connectivity index (χ4v) is 2.74. The lowest BCUT2D eigenvalue weighted by atomic mass is 10.3. The quantitative estimate of drug-likeness (QED) is 0.311. The van der Waals surface area contributed by atoms with Gasteiger partial charge in [-0.25, -0.2) is 4.79 Å². The molecule has 0 unspecified atom stereocenters. The predicted molar refractivity (Wildman–Crippen MR) is 97.7 cm³/mol. The Balaban J connectivity index is 0.00000242. The minimum Gasteiger partial charge on any atom is -0.354 e. The molecule has 1 aromatic heterocycles. The van der Waals surface area contributed by atoms with Crippen molar-refractivity contribution in [3.05, 3.63) is 22.4 Å². The molecule has 7 nitrogen and oxygen atoms in total. The molecule has 1 fully saturated rings. The van der Waals surface area contributed by atoms with Crippen LogP contribution in [-0.2, 0) is 11.3 Å². The van der Waals surface area contributed by atoms with Crippen LogP contribution < -0.4 is 10.6 Å². The second kappa shape index (κ2) is 8.93. The van der Waals surface area contributed by atoms with Gasteiger partial charge in [0.15, 0.2) is 5.96 Å². The summed E-state index contributed by atoms with van der Waals surface area (Å²) in [5, 5.41) is 9.78. The lowest BCUT2D eigenvalue weighted by Gasteiger charge is -2.22. The summed E-state index contributed by atoms with van der Waals surface area (Å²) in [4.78, 5) is 30.3. The molecule has 2 heterocycles. The van der Waals surface area contributed by atoms with Crippen LogP contribution in [0.4, 0.5) is 4.79 Å². The third kappa shape index (κ3) is 4.83. The molecule has 2 rings (SSSR count). The van der Waals surface area contributed by atoms with Crippen LogP contribution in [0.2, 0.25) is 0 Å². The van der Waals surface area contributed by atoms with Gasteiger partial charge in [0.1, 0.15) is 0 Å². The Kier molecular flexibility index (Phi) is 7.59. The van der Waals surface area contributed by atoms with Crippen LogP contribution in [0.5, 0.6) is 0 Å². The number of hydrogen-bond donors (Lipinski definition) is 2. The molecule has 0 atom stereocenters. The minimum atomic E-state index is -0.330. The highest BCUT2D eigenvalue weighted by Crippen LogP contribution is 2.08. The van der Waals surface area contributed by atoms with E-state index in [1.807, 2.05) is 17.3 Å². The van der Waals surface area contributed by atoms with Gasteiger partial charge in [-0.2, -0.15) is 11.3 Å². The van der Waals surface area contributed by atoms with Gasteiger partial charge < -0.3 is 15.5 Å². The second-order valence-corrected chi connectivity index (χ2v) is 5.45. The first-order valence-electron chi connectivity index (χ1n) is 6.63. The van der Waals surface area contributed by atoms with Crippen molar-refractivity contribution in [2.45, 2.75) is 6.54 Å². The lowest BCUT2D eigenvalue weighted by Crippen LogP contribution is -2.43. The molecule has 0 aliphatic carbocycles. The normalized spacial score (nSPS) is 14.6. The molecule has 0 bridgehead atoms. The van der Waals surface area contributed by atoms with Gasteiger partial charge in [0.2, 0.25) is 5.91 Å². The van der Waals surface area contributed by atoms with E-state index >= 15 is 0 Å². The van der Waals surface area contributed by atoms with E-state index in [4.69, 9.17) is 0 Å². The highest BCUT2D eigenvalue weighted by atomic mass is 127. The summed E-state index contributed by atoms with van der Waals surface area (Å²) in [5.74, 6) is 0.539. The molecule has 2 N–H and O–H groups in total. The van der Waals surface area contributed by atoms with E-state index in [-0.39, 0.29) is 42.5 Å². The Labute approximate surface area is 150 Å². The van der Waals surface area contributed by atoms with Crippen molar-refractivity contribution in [3.8, 4) is 0 Å². The van der Waals surface area contributed by atoms with Crippen molar-refractivity contribution in [1.29, 1.82) is 0 Å². The molecular weight excluding hydrogens is 417 g/mol. The number of carbonyl (C=O) groups excluding carboxylic acids is 2. The summed E-state index contributed by atoms with van der Waals surface area (Å²) in [5.41, 5.74) is 1.22. The number of hydrogen-bond acceptors (Lipinski definition) is 4. The Hall–Kier alpha value is -1.36. The molecule has 0 aromatic carbocycles. The van der Waals surface area contributed by atoms with Crippen LogP contribution in [0.15, 0.2) is 21.8 Å². The first kappa shape index (κ1) is 18.7. The number of guanidine groups is 1. The number of imide groups is 1. The van der Waals surface area contributed by atoms with Crippen molar-refractivity contribution >= 4 is 53.2 Å². The molecule has 122 valence electrons. The number of rotatable bonds is 5. The zero-order valence-corrected chi connectivity index (χ0v) is 15.7.